The fraction of sp³-hybridized carbons (Fsp3) is 0.248. The number of carboxylic acid groups (broad SMARTS) is 7. The minimum atomic E-state index is -0.948. The van der Waals surface area contributed by atoms with Crippen LogP contribution in [0.2, 0.25) is 0 Å². The van der Waals surface area contributed by atoms with Gasteiger partial charge in [-0.25, -0.2) is 4.79 Å². The van der Waals surface area contributed by atoms with Gasteiger partial charge in [0.15, 0.2) is 0 Å². The Morgan fingerprint density at radius 2 is 0.588 bits per heavy atom. The molecule has 0 amide bonds. The number of aliphatic carboxylic acids is 7. The van der Waals surface area contributed by atoms with Crippen LogP contribution in [0.25, 0.3) is 94.2 Å². The van der Waals surface area contributed by atoms with E-state index in [-0.39, 0.29) is 393 Å². The van der Waals surface area contributed by atoms with Crippen molar-refractivity contribution < 1.29 is 423 Å². The maximum absolute atomic E-state index is 10.8. The summed E-state index contributed by atoms with van der Waals surface area (Å²) in [6.07, 6.45) is 14.3. The fourth-order valence-electron chi connectivity index (χ4n) is 16.0. The van der Waals surface area contributed by atoms with Crippen molar-refractivity contribution in [2.24, 2.45) is 28.2 Å². The van der Waals surface area contributed by atoms with E-state index >= 15 is 0 Å². The van der Waals surface area contributed by atoms with Gasteiger partial charge < -0.3 is 64.4 Å². The van der Waals surface area contributed by atoms with Crippen LogP contribution in [0, 0.1) is 411 Å². The number of hydrogen-bond donors (Lipinski definition) is 12. The van der Waals surface area contributed by atoms with Gasteiger partial charge in [0.25, 0.3) is 0 Å². The number of aromatic nitrogens is 8. The van der Waals surface area contributed by atoms with Crippen molar-refractivity contribution in [3.63, 3.8) is 0 Å². The van der Waals surface area contributed by atoms with Gasteiger partial charge in [-0.1, -0.05) is 91.3 Å². The SMILES string of the molecule is Cc1c[c-]c(-c2ccc3c(cnn3C)c2)cc1CCC(=O)O.Cc1cc(C)c(-c2ccc3c(cnn3C)c2)cc1CCC(=O)O.Cc1cc(C)c(-c2ccc3c(cnn3C)c2)cc1CCC(=O)O.Cc1cc(CCC(=O)O)c(C)cc1N.Cc1cc(N)c(-c2ccc3c(cnn3C)c2)cc1CCC(=O)O.Cc1cc(N)ccc1/C=C/C(=O)O.Cc1cc(N)ccc1CCC(=O)O.Cc1ccc(N)cc1C.[Gd].[Y].[Yb].[Yb].[Yb].[Yb].[Yb].[Yb]. The van der Waals surface area contributed by atoms with E-state index in [0.29, 0.717) is 49.9 Å². The van der Waals surface area contributed by atoms with Crippen LogP contribution in [0.15, 0.2) is 219 Å². The van der Waals surface area contributed by atoms with Gasteiger partial charge in [-0.2, -0.15) is 20.4 Å². The average molecular weight is 3170 g/mol. The van der Waals surface area contributed by atoms with E-state index in [1.807, 2.05) is 224 Å². The normalized spacial score (nSPS) is 10.1. The molecule has 0 saturated heterocycles. The van der Waals surface area contributed by atoms with Crippen LogP contribution in [0.1, 0.15) is 144 Å². The summed E-state index contributed by atoms with van der Waals surface area (Å²) >= 11 is 0. The number of nitrogens with zero attached hydrogens (tertiary/aromatic N) is 8. The number of nitrogen functional groups attached to an aromatic ring is 5. The molecule has 17 N–H and O–H groups in total. The van der Waals surface area contributed by atoms with Crippen LogP contribution in [0.5, 0.6) is 0 Å². The van der Waals surface area contributed by atoms with Crippen LogP contribution in [0.3, 0.4) is 0 Å². The second-order valence-corrected chi connectivity index (χ2v) is 35.1. The van der Waals surface area contributed by atoms with Gasteiger partial charge in [0.1, 0.15) is 0 Å². The molecule has 0 spiro atoms. The predicted molar refractivity (Wildman–Crippen MR) is 561 cm³/mol. The van der Waals surface area contributed by atoms with Crippen molar-refractivity contribution in [3.05, 3.63) is 331 Å². The van der Waals surface area contributed by atoms with Crippen LogP contribution in [0.4, 0.5) is 28.4 Å². The van der Waals surface area contributed by atoms with Gasteiger partial charge in [0.2, 0.25) is 0 Å². The number of nitrogens with two attached hydrogens (primary N) is 5. The third-order valence-electron chi connectivity index (χ3n) is 24.3. The average Bonchev–Trinajstić information content (AvgIpc) is 1.58. The summed E-state index contributed by atoms with van der Waals surface area (Å²) in [6, 6.07) is 65.3. The number of rotatable bonds is 24. The minimum Gasteiger partial charge on any atom is -0.481 e. The van der Waals surface area contributed by atoms with Crippen molar-refractivity contribution in [3.8, 4) is 44.5 Å². The Balaban J connectivity index is 0.000000853. The first-order valence-electron chi connectivity index (χ1n) is 45.7. The maximum atomic E-state index is 10.8. The first-order chi connectivity index (χ1) is 66.3. The van der Waals surface area contributed by atoms with Gasteiger partial charge in [-0.3, -0.25) is 47.5 Å². The molecule has 0 aliphatic rings. The van der Waals surface area contributed by atoms with Crippen molar-refractivity contribution in [2.75, 3.05) is 28.7 Å². The summed E-state index contributed by atoms with van der Waals surface area (Å²) in [7, 11) is 7.70. The standard InChI is InChI=1S/2C19H20N2O2.C18H19N3O2.C18H17N2O2.C11H15NO2.C10H13NO2.C10H11NO2.C8H11N.Gd.Y.6Yb/c2*1-12-8-13(2)17(10-14(12)5-7-19(22)23)15-4-6-18-16(9-15)11-20-21(18)3;1-11-7-16(19)15(9-12(11)4-6-18(22)23)13-3-5-17-14(8-13)10-20-21(17)2;1-12-3-4-14(9-13(12)6-8-18(21)22)15-5-7-17-16(10-15)11-19-20(17)2;1-7-6-10(12)8(2)5-9(7)3-4-11(13)14;2*1-7-6-9(11)4-2-8(7)3-5-10(12)13;1-6-3-4-8(9)5-7(6)2;;;;;;;;/h2*4,6,8-11H,5,7H2,1-3H3,(H,22,23);3,5,7-10H,4,6,19H2,1-2H3,(H,22,23);3,5,7,9-11H,6,8H2,1-2H3,(H,21,22);5-6H,3-4,12H2,1-2H3,(H,13,14);2,4,6H,3,5,11H2,1H3,(H,12,13);2-6H,11H2,1H3,(H,12,13);3-5H,9H2,1-2H3;;;;;;;;/q;;;-1;;;;;;;;;;;;/b;;;;;;5-3+;;;;;;;;;. The molecule has 0 bridgehead atoms. The van der Waals surface area contributed by atoms with Crippen LogP contribution in [-0.2, 0) is 133 Å². The number of hydrogen-bond acceptors (Lipinski definition) is 16. The molecule has 35 heteroatoms. The molecule has 0 fully saturated rings. The summed E-state index contributed by atoms with van der Waals surface area (Å²) in [5.74, 6) is -5.57. The zero-order chi connectivity index (χ0) is 103. The first-order valence-corrected chi connectivity index (χ1v) is 45.7. The smallest absolute Gasteiger partial charge is 0.328 e. The van der Waals surface area contributed by atoms with Crippen molar-refractivity contribution in [1.82, 2.24) is 39.1 Å². The van der Waals surface area contributed by atoms with Crippen molar-refractivity contribution in [2.45, 2.75) is 160 Å². The van der Waals surface area contributed by atoms with E-state index in [1.54, 1.807) is 24.3 Å². The Morgan fingerprint density at radius 3 is 0.939 bits per heavy atom. The molecule has 4 heterocycles. The molecule has 27 nitrogen and oxygen atoms in total. The van der Waals surface area contributed by atoms with Gasteiger partial charge in [-0.15, -0.1) is 34.9 Å². The molecule has 1 radical (unpaired) electrons. The number of fused-ring (bicyclic) bond motifs is 4. The zero-order valence-corrected chi connectivity index (χ0v) is 100. The Morgan fingerprint density at radius 1 is 0.291 bits per heavy atom. The molecule has 148 heavy (non-hydrogen) atoms. The molecular formula is C113H126GdN13O14YYb6-. The second kappa shape index (κ2) is 69.3. The second-order valence-electron chi connectivity index (χ2n) is 35.1. The molecule has 16 rings (SSSR count). The fourth-order valence-corrected chi connectivity index (χ4v) is 16.0. The quantitative estimate of drug-likeness (QED) is 0.0152. The van der Waals surface area contributed by atoms with Crippen LogP contribution >= 0.6 is 0 Å². The maximum Gasteiger partial charge on any atom is 0.328 e. The number of benzene rings is 12. The van der Waals surface area contributed by atoms with Crippen LogP contribution in [-0.4, -0.2) is 117 Å². The van der Waals surface area contributed by atoms with Crippen molar-refractivity contribution in [1.29, 1.82) is 0 Å². The van der Waals surface area contributed by atoms with E-state index in [2.05, 4.69) is 127 Å². The molecule has 0 atom stereocenters. The number of anilines is 5. The van der Waals surface area contributed by atoms with Crippen molar-refractivity contribution >= 4 is 120 Å². The van der Waals surface area contributed by atoms with Gasteiger partial charge in [0, 0.05) is 483 Å². The summed E-state index contributed by atoms with van der Waals surface area (Å²) < 4.78 is 7.39. The predicted octanol–water partition coefficient (Wildman–Crippen LogP) is 21.3. The largest absolute Gasteiger partial charge is 0.481 e. The Kier molecular flexibility index (Phi) is 66.0. The Hall–Kier alpha value is -4.90. The molecule has 823 valence electrons. The number of carbonyl (C=O) groups is 7. The molecule has 12 aromatic carbocycles. The summed E-state index contributed by atoms with van der Waals surface area (Å²) in [4.78, 5) is 74.3. The molecule has 0 aliphatic heterocycles. The Bertz CT molecular complexity index is 6930. The number of aryl methyl sites for hydroxylation is 22. The number of carboxylic acids is 7. The molecule has 0 saturated carbocycles. The van der Waals surface area contributed by atoms with E-state index < -0.39 is 41.8 Å². The van der Waals surface area contributed by atoms with Gasteiger partial charge >= 0.3 is 41.8 Å². The molecular weight excluding hydrogens is 3050 g/mol. The van der Waals surface area contributed by atoms with Crippen LogP contribution < -0.4 is 28.7 Å². The topological polar surface area (TPSA) is 462 Å². The van der Waals surface area contributed by atoms with Gasteiger partial charge in [0.05, 0.1) is 46.9 Å². The summed E-state index contributed by atoms with van der Waals surface area (Å²) in [6.45, 7) is 24.1. The molecule has 16 aromatic rings. The minimum absolute atomic E-state index is 0. The molecule has 4 aromatic heterocycles. The van der Waals surface area contributed by atoms with Gasteiger partial charge in [-0.05, 0) is 340 Å². The van der Waals surface area contributed by atoms with E-state index in [9.17, 15) is 33.6 Å². The van der Waals surface area contributed by atoms with E-state index in [0.717, 1.165) is 195 Å². The summed E-state index contributed by atoms with van der Waals surface area (Å²) in [5.41, 5.74) is 65.9. The molecule has 0 aliphatic carbocycles. The zero-order valence-electron chi connectivity index (χ0n) is 84.8. The summed E-state index contributed by atoms with van der Waals surface area (Å²) in [5, 5.41) is 82.5. The third kappa shape index (κ3) is 44.3. The van der Waals surface area contributed by atoms with E-state index in [4.69, 9.17) is 64.4 Å². The molecule has 0 unspecified atom stereocenters. The first kappa shape index (κ1) is 141. The third-order valence-corrected chi connectivity index (χ3v) is 24.3. The van der Waals surface area contributed by atoms with E-state index in [1.165, 1.54) is 22.3 Å². The monoisotopic (exact) mass is 3180 g/mol. The Labute approximate surface area is 1150 Å².